The quantitative estimate of drug-likeness (QED) is 0.538. The van der Waals surface area contributed by atoms with Gasteiger partial charge in [0.05, 0.1) is 6.07 Å². The fraction of sp³-hybridized carbons (Fsp3) is 0.500. The van der Waals surface area contributed by atoms with Crippen molar-refractivity contribution in [2.75, 3.05) is 6.61 Å². The van der Waals surface area contributed by atoms with E-state index >= 15 is 0 Å². The molecule has 9 heavy (non-hydrogen) atoms. The third kappa shape index (κ3) is 7.24. The average molecular weight is 138 g/mol. The van der Waals surface area contributed by atoms with Gasteiger partial charge in [0.25, 0.3) is 0 Å². The van der Waals surface area contributed by atoms with Crippen LogP contribution in [0.5, 0.6) is 0 Å². The summed E-state index contributed by atoms with van der Waals surface area (Å²) in [5, 5.41) is 7.70. The largest absolute Gasteiger partial charge is 0.417 e. The molecule has 0 heterocycles. The molecule has 0 unspecified atom stereocenters. The van der Waals surface area contributed by atoms with E-state index in [4.69, 9.17) is 5.26 Å². The maximum atomic E-state index is 11.1. The monoisotopic (exact) mass is 138 g/mol. The fourth-order valence-corrected chi connectivity index (χ4v) is 0.173. The smallest absolute Gasteiger partial charge is 0.351 e. The van der Waals surface area contributed by atoms with Crippen molar-refractivity contribution in [3.05, 3.63) is 6.61 Å². The van der Waals surface area contributed by atoms with Crippen LogP contribution >= 0.6 is 0 Å². The van der Waals surface area contributed by atoms with Crippen molar-refractivity contribution in [1.29, 1.82) is 5.26 Å². The first-order valence-electron chi connectivity index (χ1n) is 1.96. The summed E-state index contributed by atoms with van der Waals surface area (Å²) in [6, 6.07) is 1.39. The summed E-state index contributed by atoms with van der Waals surface area (Å²) in [6.07, 6.45) is -4.45. The second-order valence-corrected chi connectivity index (χ2v) is 1.13. The molecule has 0 aromatic rings. The van der Waals surface area contributed by atoms with Gasteiger partial charge in [-0.15, -0.1) is 0 Å². The molecular weight excluding hydrogens is 135 g/mol. The summed E-state index contributed by atoms with van der Waals surface area (Å²) >= 11 is 0. The first-order chi connectivity index (χ1) is 4.06. The van der Waals surface area contributed by atoms with E-state index in [0.717, 1.165) is 0 Å². The summed E-state index contributed by atoms with van der Waals surface area (Å²) in [4.78, 5) is 0. The van der Waals surface area contributed by atoms with Crippen LogP contribution in [0.3, 0.4) is 0 Å². The van der Waals surface area contributed by atoms with Crippen molar-refractivity contribution in [2.24, 2.45) is 0 Å². The van der Waals surface area contributed by atoms with Gasteiger partial charge in [-0.1, -0.05) is 0 Å². The van der Waals surface area contributed by atoms with E-state index in [2.05, 4.69) is 4.74 Å². The minimum atomic E-state index is -4.45. The topological polar surface area (TPSA) is 33.0 Å². The van der Waals surface area contributed by atoms with Crippen molar-refractivity contribution in [3.8, 4) is 6.07 Å². The molecule has 0 atom stereocenters. The van der Waals surface area contributed by atoms with Crippen molar-refractivity contribution in [2.45, 2.75) is 6.18 Å². The molecule has 5 heteroatoms. The second-order valence-electron chi connectivity index (χ2n) is 1.13. The van der Waals surface area contributed by atoms with E-state index in [9.17, 15) is 13.2 Å². The SMILES string of the molecule is N#CCO[CH]C(F)(F)F. The first kappa shape index (κ1) is 8.24. The highest BCUT2D eigenvalue weighted by Crippen LogP contribution is 2.18. The molecule has 0 saturated carbocycles. The number of nitriles is 1. The lowest BCUT2D eigenvalue weighted by molar-refractivity contribution is -0.135. The molecule has 2 nitrogen and oxygen atoms in total. The van der Waals surface area contributed by atoms with Gasteiger partial charge in [0.2, 0.25) is 0 Å². The maximum absolute atomic E-state index is 11.1. The summed E-state index contributed by atoms with van der Waals surface area (Å²) in [7, 11) is 0. The Hall–Kier alpha value is -0.760. The molecule has 0 saturated heterocycles. The third-order valence-corrected chi connectivity index (χ3v) is 0.365. The number of halogens is 3. The number of nitrogens with zero attached hydrogens (tertiary/aromatic N) is 1. The molecular formula is C4H3F3NO. The summed E-state index contributed by atoms with van der Waals surface area (Å²) in [5.74, 6) is 0. The first-order valence-corrected chi connectivity index (χ1v) is 1.96. The minimum absolute atomic E-state index is 0.323. The Morgan fingerprint density at radius 1 is 1.56 bits per heavy atom. The normalized spacial score (nSPS) is 10.9. The van der Waals surface area contributed by atoms with Gasteiger partial charge < -0.3 is 4.74 Å². The Bertz CT molecular complexity index is 114. The lowest BCUT2D eigenvalue weighted by Gasteiger charge is -2.01. The van der Waals surface area contributed by atoms with Gasteiger partial charge in [0.1, 0.15) is 6.61 Å². The summed E-state index contributed by atoms with van der Waals surface area (Å²) in [6.45, 7) is -0.893. The molecule has 0 rings (SSSR count). The zero-order valence-corrected chi connectivity index (χ0v) is 4.27. The van der Waals surface area contributed by atoms with Crippen LogP contribution in [0.25, 0.3) is 0 Å². The van der Waals surface area contributed by atoms with Gasteiger partial charge in [-0.3, -0.25) is 0 Å². The predicted octanol–water partition coefficient (Wildman–Crippen LogP) is 1.25. The molecule has 0 fully saturated rings. The van der Waals surface area contributed by atoms with Crippen LogP contribution in [0.4, 0.5) is 13.2 Å². The Labute approximate surface area is 49.8 Å². The molecule has 0 N–H and O–H groups in total. The van der Waals surface area contributed by atoms with Crippen LogP contribution in [0.1, 0.15) is 0 Å². The minimum Gasteiger partial charge on any atom is -0.351 e. The number of alkyl halides is 3. The van der Waals surface area contributed by atoms with Crippen LogP contribution < -0.4 is 0 Å². The molecule has 51 valence electrons. The van der Waals surface area contributed by atoms with Crippen molar-refractivity contribution in [3.63, 3.8) is 0 Å². The lowest BCUT2D eigenvalue weighted by atomic mass is 10.7. The number of rotatable bonds is 2. The number of ether oxygens (including phenoxy) is 1. The predicted molar refractivity (Wildman–Crippen MR) is 21.9 cm³/mol. The zero-order valence-electron chi connectivity index (χ0n) is 4.27. The van der Waals surface area contributed by atoms with Gasteiger partial charge in [-0.25, -0.2) is 0 Å². The lowest BCUT2D eigenvalue weighted by Crippen LogP contribution is -2.10. The molecule has 0 aromatic heterocycles. The van der Waals surface area contributed by atoms with Crippen LogP contribution in [0.2, 0.25) is 0 Å². The molecule has 0 amide bonds. The average Bonchev–Trinajstić information content (AvgIpc) is 1.63. The van der Waals surface area contributed by atoms with E-state index in [1.807, 2.05) is 0 Å². The van der Waals surface area contributed by atoms with Gasteiger partial charge in [0, 0.05) is 0 Å². The van der Waals surface area contributed by atoms with Crippen LogP contribution in [-0.4, -0.2) is 12.8 Å². The fourth-order valence-electron chi connectivity index (χ4n) is 0.173. The van der Waals surface area contributed by atoms with Crippen LogP contribution in [0, 0.1) is 17.9 Å². The highest BCUT2D eigenvalue weighted by molar-refractivity contribution is 4.71. The van der Waals surface area contributed by atoms with E-state index in [-0.39, 0.29) is 6.61 Å². The van der Waals surface area contributed by atoms with Crippen molar-refractivity contribution >= 4 is 0 Å². The van der Waals surface area contributed by atoms with E-state index < -0.39 is 12.8 Å². The Morgan fingerprint density at radius 3 is 2.44 bits per heavy atom. The Balaban J connectivity index is 3.20. The molecule has 1 radical (unpaired) electrons. The van der Waals surface area contributed by atoms with Gasteiger partial charge in [-0.2, -0.15) is 18.4 Å². The number of hydrogen-bond donors (Lipinski definition) is 0. The Morgan fingerprint density at radius 2 is 2.11 bits per heavy atom. The van der Waals surface area contributed by atoms with E-state index in [1.165, 1.54) is 6.07 Å². The second kappa shape index (κ2) is 3.30. The molecule has 0 bridgehead atoms. The molecule has 0 aliphatic heterocycles. The molecule has 0 aliphatic rings. The zero-order chi connectivity index (χ0) is 7.33. The molecule has 0 spiro atoms. The molecule has 0 aromatic carbocycles. The van der Waals surface area contributed by atoms with Crippen LogP contribution in [-0.2, 0) is 4.74 Å². The maximum Gasteiger partial charge on any atom is 0.417 e. The van der Waals surface area contributed by atoms with Crippen molar-refractivity contribution < 1.29 is 17.9 Å². The Kier molecular flexibility index (Phi) is 3.02. The molecule has 0 aliphatic carbocycles. The highest BCUT2D eigenvalue weighted by Gasteiger charge is 2.28. The number of hydrogen-bond acceptors (Lipinski definition) is 2. The van der Waals surface area contributed by atoms with E-state index in [0.29, 0.717) is 0 Å². The summed E-state index contributed by atoms with van der Waals surface area (Å²) < 4.78 is 37.0. The van der Waals surface area contributed by atoms with Gasteiger partial charge >= 0.3 is 6.18 Å². The van der Waals surface area contributed by atoms with E-state index in [1.54, 1.807) is 0 Å². The standard InChI is InChI=1S/C4H3F3NO/c5-4(6,7)3-9-2-1-8/h3H,2H2. The third-order valence-electron chi connectivity index (χ3n) is 0.365. The van der Waals surface area contributed by atoms with Gasteiger partial charge in [0.15, 0.2) is 6.61 Å². The van der Waals surface area contributed by atoms with Crippen molar-refractivity contribution in [1.82, 2.24) is 0 Å². The highest BCUT2D eigenvalue weighted by atomic mass is 19.4. The summed E-state index contributed by atoms with van der Waals surface area (Å²) in [5.41, 5.74) is 0. The van der Waals surface area contributed by atoms with Gasteiger partial charge in [-0.05, 0) is 0 Å². The van der Waals surface area contributed by atoms with Crippen LogP contribution in [0.15, 0.2) is 0 Å².